The van der Waals surface area contributed by atoms with Gasteiger partial charge in [-0.15, -0.1) is 0 Å². The number of halogens is 6. The molecular weight excluding hydrogens is 298 g/mol. The Morgan fingerprint density at radius 1 is 0.952 bits per heavy atom. The Hall–Kier alpha value is -0.460. The molecule has 21 heavy (non-hydrogen) atoms. The zero-order valence-corrected chi connectivity index (χ0v) is 11.3. The Balaban J connectivity index is 1.90. The second kappa shape index (κ2) is 4.30. The van der Waals surface area contributed by atoms with Gasteiger partial charge in [0.15, 0.2) is 0 Å². The predicted octanol–water partition coefficient (Wildman–Crippen LogP) is 4.41. The van der Waals surface area contributed by atoms with Crippen molar-refractivity contribution in [3.63, 3.8) is 0 Å². The normalized spacial score (nSPS) is 37.3. The minimum Gasteiger partial charge on any atom is -0.374 e. The lowest BCUT2D eigenvalue weighted by Crippen LogP contribution is -2.61. The average Bonchev–Trinajstić information content (AvgIpc) is 2.22. The molecule has 4 bridgehead atoms. The molecule has 121 valence electrons. The molecule has 0 aromatic carbocycles. The molecule has 4 aliphatic rings. The molecule has 4 saturated carbocycles. The smallest absolute Gasteiger partial charge is 0.374 e. The molecule has 0 aliphatic heterocycles. The summed E-state index contributed by atoms with van der Waals surface area (Å²) in [4.78, 5) is 0. The zero-order valence-electron chi connectivity index (χ0n) is 11.3. The van der Waals surface area contributed by atoms with Crippen LogP contribution in [0.15, 0.2) is 0 Å². The molecular formula is C14H17F6O. The Morgan fingerprint density at radius 2 is 1.43 bits per heavy atom. The number of hydrogen-bond donors (Lipinski definition) is 1. The van der Waals surface area contributed by atoms with Gasteiger partial charge in [0.1, 0.15) is 0 Å². The van der Waals surface area contributed by atoms with Crippen molar-refractivity contribution < 1.29 is 31.4 Å². The summed E-state index contributed by atoms with van der Waals surface area (Å²) >= 11 is 0. The van der Waals surface area contributed by atoms with Gasteiger partial charge in [-0.2, -0.15) is 26.3 Å². The third kappa shape index (κ3) is 2.35. The van der Waals surface area contributed by atoms with Gasteiger partial charge in [0.25, 0.3) is 5.60 Å². The van der Waals surface area contributed by atoms with Crippen molar-refractivity contribution in [2.24, 2.45) is 17.3 Å². The van der Waals surface area contributed by atoms with Crippen LogP contribution in [0.2, 0.25) is 0 Å². The Kier molecular flexibility index (Phi) is 3.16. The van der Waals surface area contributed by atoms with Crippen LogP contribution in [-0.4, -0.2) is 23.1 Å². The van der Waals surface area contributed by atoms with Gasteiger partial charge >= 0.3 is 12.4 Å². The van der Waals surface area contributed by atoms with Crippen molar-refractivity contribution in [2.45, 2.75) is 62.9 Å². The summed E-state index contributed by atoms with van der Waals surface area (Å²) < 4.78 is 77.5. The predicted molar refractivity (Wildman–Crippen MR) is 62.0 cm³/mol. The first-order valence-corrected chi connectivity index (χ1v) is 7.14. The van der Waals surface area contributed by atoms with E-state index >= 15 is 0 Å². The highest BCUT2D eigenvalue weighted by Gasteiger charge is 2.72. The molecule has 2 atom stereocenters. The first-order valence-electron chi connectivity index (χ1n) is 7.14. The van der Waals surface area contributed by atoms with Gasteiger partial charge in [0.2, 0.25) is 0 Å². The van der Waals surface area contributed by atoms with Gasteiger partial charge in [0.05, 0.1) is 0 Å². The van der Waals surface area contributed by atoms with E-state index in [1.807, 2.05) is 0 Å². The third-order valence-corrected chi connectivity index (χ3v) is 5.46. The Morgan fingerprint density at radius 3 is 1.81 bits per heavy atom. The third-order valence-electron chi connectivity index (χ3n) is 5.46. The van der Waals surface area contributed by atoms with Crippen molar-refractivity contribution >= 4 is 0 Å². The molecule has 7 heteroatoms. The van der Waals surface area contributed by atoms with Crippen LogP contribution in [0.1, 0.15) is 44.9 Å². The van der Waals surface area contributed by atoms with Gasteiger partial charge in [-0.05, 0) is 68.1 Å². The highest BCUT2D eigenvalue weighted by Crippen LogP contribution is 2.65. The summed E-state index contributed by atoms with van der Waals surface area (Å²) in [5, 5.41) is 9.49. The maximum absolute atomic E-state index is 12.9. The van der Waals surface area contributed by atoms with Gasteiger partial charge < -0.3 is 5.11 Å². The van der Waals surface area contributed by atoms with Crippen LogP contribution < -0.4 is 0 Å². The van der Waals surface area contributed by atoms with Crippen LogP contribution in [0.5, 0.6) is 0 Å². The first kappa shape index (κ1) is 15.4. The number of aliphatic hydroxyl groups is 1. The number of rotatable bonds is 2. The number of alkyl halides is 6. The van der Waals surface area contributed by atoms with Crippen LogP contribution in [0.25, 0.3) is 0 Å². The van der Waals surface area contributed by atoms with E-state index in [4.69, 9.17) is 0 Å². The van der Waals surface area contributed by atoms with E-state index in [1.165, 1.54) is 0 Å². The van der Waals surface area contributed by atoms with E-state index in [1.54, 1.807) is 0 Å². The molecule has 0 heterocycles. The molecule has 1 nitrogen and oxygen atoms in total. The largest absolute Gasteiger partial charge is 0.426 e. The summed E-state index contributed by atoms with van der Waals surface area (Å²) in [7, 11) is 0. The summed E-state index contributed by atoms with van der Waals surface area (Å²) in [5.74, 6) is 1.50. The van der Waals surface area contributed by atoms with Gasteiger partial charge in [-0.25, -0.2) is 0 Å². The highest BCUT2D eigenvalue weighted by atomic mass is 19.4. The van der Waals surface area contributed by atoms with Crippen molar-refractivity contribution in [3.8, 4) is 0 Å². The van der Waals surface area contributed by atoms with Crippen LogP contribution in [0.4, 0.5) is 26.3 Å². The SMILES string of the molecule is OC(CC12C[C]3CC(CC(C3)C1)C2)(C(F)(F)F)C(F)(F)F. The van der Waals surface area contributed by atoms with Gasteiger partial charge in [-0.3, -0.25) is 0 Å². The number of hydrogen-bond acceptors (Lipinski definition) is 1. The Labute approximate surface area is 118 Å². The summed E-state index contributed by atoms with van der Waals surface area (Å²) in [6.45, 7) is 0. The second-order valence-corrected chi connectivity index (χ2v) is 7.24. The molecule has 1 N–H and O–H groups in total. The van der Waals surface area contributed by atoms with E-state index in [0.717, 1.165) is 25.2 Å². The average molecular weight is 315 g/mol. The lowest BCUT2D eigenvalue weighted by Gasteiger charge is -2.58. The van der Waals surface area contributed by atoms with E-state index in [0.29, 0.717) is 19.3 Å². The maximum Gasteiger partial charge on any atom is 0.426 e. The topological polar surface area (TPSA) is 20.2 Å². The van der Waals surface area contributed by atoms with E-state index in [2.05, 4.69) is 0 Å². The fourth-order valence-corrected chi connectivity index (χ4v) is 5.09. The summed E-state index contributed by atoms with van der Waals surface area (Å²) in [6, 6.07) is 0. The molecule has 2 unspecified atom stereocenters. The zero-order chi connectivity index (χ0) is 15.7. The molecule has 4 rings (SSSR count). The van der Waals surface area contributed by atoms with E-state index in [-0.39, 0.29) is 11.8 Å². The van der Waals surface area contributed by atoms with Gasteiger partial charge in [-0.1, -0.05) is 0 Å². The van der Waals surface area contributed by atoms with Gasteiger partial charge in [0, 0.05) is 0 Å². The molecule has 0 aromatic rings. The van der Waals surface area contributed by atoms with Crippen molar-refractivity contribution in [1.29, 1.82) is 0 Å². The van der Waals surface area contributed by atoms with Crippen molar-refractivity contribution in [3.05, 3.63) is 5.92 Å². The van der Waals surface area contributed by atoms with Crippen LogP contribution in [-0.2, 0) is 0 Å². The van der Waals surface area contributed by atoms with Crippen molar-refractivity contribution in [1.82, 2.24) is 0 Å². The first-order chi connectivity index (χ1) is 9.44. The van der Waals surface area contributed by atoms with E-state index in [9.17, 15) is 31.4 Å². The maximum atomic E-state index is 12.9. The van der Waals surface area contributed by atoms with Crippen LogP contribution in [0, 0.1) is 23.2 Å². The molecule has 4 aliphatic carbocycles. The summed E-state index contributed by atoms with van der Waals surface area (Å²) in [6.07, 6.45) is -8.98. The lowest BCUT2D eigenvalue weighted by atomic mass is 9.47. The molecule has 4 fully saturated rings. The Bertz CT molecular complexity index is 375. The van der Waals surface area contributed by atoms with E-state index < -0.39 is 29.8 Å². The highest BCUT2D eigenvalue weighted by molar-refractivity contribution is 5.16. The molecule has 0 aromatic heterocycles. The second-order valence-electron chi connectivity index (χ2n) is 7.24. The van der Waals surface area contributed by atoms with Crippen LogP contribution in [0.3, 0.4) is 0 Å². The minimum absolute atomic E-state index is 0.201. The molecule has 0 saturated heterocycles. The quantitative estimate of drug-likeness (QED) is 0.749. The van der Waals surface area contributed by atoms with Crippen molar-refractivity contribution in [2.75, 3.05) is 0 Å². The fraction of sp³-hybridized carbons (Fsp3) is 0.929. The molecule has 0 spiro atoms. The fourth-order valence-electron chi connectivity index (χ4n) is 5.09. The molecule has 1 radical (unpaired) electrons. The standard InChI is InChI=1S/C14H17F6O/c15-13(16,17)12(21,14(18,19)20)7-11-4-8-1-9(5-11)3-10(2-8)6-11/h8-9,21H,1-7H2. The minimum atomic E-state index is -5.70. The molecule has 0 amide bonds. The lowest BCUT2D eigenvalue weighted by molar-refractivity contribution is -0.378. The monoisotopic (exact) mass is 315 g/mol. The van der Waals surface area contributed by atoms with Crippen LogP contribution >= 0.6 is 0 Å². The summed E-state index contributed by atoms with van der Waals surface area (Å²) in [5.41, 5.74) is -5.62.